The Hall–Kier alpha value is -2.10. The molecule has 0 bridgehead atoms. The van der Waals surface area contributed by atoms with Crippen LogP contribution in [0.25, 0.3) is 11.3 Å². The van der Waals surface area contributed by atoms with E-state index >= 15 is 0 Å². The Morgan fingerprint density at radius 2 is 2.33 bits per heavy atom. The van der Waals surface area contributed by atoms with E-state index in [9.17, 15) is 4.79 Å². The minimum atomic E-state index is -0.0503. The van der Waals surface area contributed by atoms with Crippen molar-refractivity contribution in [2.45, 2.75) is 26.3 Å². The van der Waals surface area contributed by atoms with E-state index in [1.165, 1.54) is 13.3 Å². The van der Waals surface area contributed by atoms with Crippen LogP contribution in [0.3, 0.4) is 0 Å². The van der Waals surface area contributed by atoms with Gasteiger partial charge in [-0.05, 0) is 18.6 Å². The van der Waals surface area contributed by atoms with Gasteiger partial charge in [-0.2, -0.15) is 0 Å². The average molecular weight is 241 g/mol. The van der Waals surface area contributed by atoms with E-state index < -0.39 is 0 Å². The van der Waals surface area contributed by atoms with Crippen molar-refractivity contribution in [3.63, 3.8) is 0 Å². The lowest BCUT2D eigenvalue weighted by Gasteiger charge is -2.07. The molecule has 1 aromatic carbocycles. The molecule has 0 saturated heterocycles. The topological polar surface area (TPSA) is 46.9 Å². The third-order valence-corrected chi connectivity index (χ3v) is 3.20. The summed E-state index contributed by atoms with van der Waals surface area (Å²) in [4.78, 5) is 15.5. The lowest BCUT2D eigenvalue weighted by Crippen LogP contribution is -2.05. The van der Waals surface area contributed by atoms with Crippen molar-refractivity contribution in [3.8, 4) is 11.3 Å². The minimum absolute atomic E-state index is 0.0503. The van der Waals surface area contributed by atoms with E-state index in [1.54, 1.807) is 0 Å². The zero-order valence-corrected chi connectivity index (χ0v) is 10.3. The van der Waals surface area contributed by atoms with Gasteiger partial charge in [-0.15, -0.1) is 0 Å². The summed E-state index contributed by atoms with van der Waals surface area (Å²) in [5, 5.41) is 2.81. The second kappa shape index (κ2) is 4.29. The summed E-state index contributed by atoms with van der Waals surface area (Å²) in [6, 6.07) is 7.89. The highest BCUT2D eigenvalue weighted by Crippen LogP contribution is 2.27. The highest BCUT2D eigenvalue weighted by Gasteiger charge is 2.16. The molecule has 4 nitrogen and oxygen atoms in total. The summed E-state index contributed by atoms with van der Waals surface area (Å²) in [6.45, 7) is 2.55. The summed E-state index contributed by atoms with van der Waals surface area (Å²) < 4.78 is 2.26. The molecule has 1 amide bonds. The molecule has 1 N–H and O–H groups in total. The summed E-state index contributed by atoms with van der Waals surface area (Å²) in [5.41, 5.74) is 3.06. The van der Waals surface area contributed by atoms with E-state index in [-0.39, 0.29) is 5.91 Å². The molecule has 0 unspecified atom stereocenters. The first kappa shape index (κ1) is 11.0. The van der Waals surface area contributed by atoms with Crippen LogP contribution >= 0.6 is 0 Å². The van der Waals surface area contributed by atoms with Gasteiger partial charge in [0, 0.05) is 31.1 Å². The molecular weight excluding hydrogens is 226 g/mol. The first-order valence-electron chi connectivity index (χ1n) is 6.16. The Bertz CT molecular complexity index is 601. The first-order valence-corrected chi connectivity index (χ1v) is 6.16. The molecule has 2 aromatic rings. The maximum absolute atomic E-state index is 11.1. The molecule has 1 aliphatic heterocycles. The fourth-order valence-electron chi connectivity index (χ4n) is 2.45. The maximum atomic E-state index is 11.1. The summed E-state index contributed by atoms with van der Waals surface area (Å²) >= 11 is 0. The highest BCUT2D eigenvalue weighted by atomic mass is 16.1. The first-order chi connectivity index (χ1) is 8.74. The Morgan fingerprint density at radius 3 is 3.17 bits per heavy atom. The molecule has 18 heavy (non-hydrogen) atoms. The van der Waals surface area contributed by atoms with Crippen LogP contribution in [0.15, 0.2) is 30.5 Å². The lowest BCUT2D eigenvalue weighted by atomic mass is 10.1. The third kappa shape index (κ3) is 1.90. The Morgan fingerprint density at radius 1 is 1.44 bits per heavy atom. The predicted octanol–water partition coefficient (Wildman–Crippen LogP) is 2.45. The average Bonchev–Trinajstić information content (AvgIpc) is 2.89. The van der Waals surface area contributed by atoms with Crippen molar-refractivity contribution in [1.29, 1.82) is 0 Å². The van der Waals surface area contributed by atoms with Gasteiger partial charge >= 0.3 is 0 Å². The molecule has 0 radical (unpaired) electrons. The fourth-order valence-corrected chi connectivity index (χ4v) is 2.45. The number of aryl methyl sites for hydroxylation is 1. The Labute approximate surface area is 106 Å². The number of carbonyl (C=O) groups excluding carboxylic acids is 1. The highest BCUT2D eigenvalue weighted by molar-refractivity contribution is 5.89. The monoisotopic (exact) mass is 241 g/mol. The molecule has 1 aliphatic rings. The quantitative estimate of drug-likeness (QED) is 0.877. The summed E-state index contributed by atoms with van der Waals surface area (Å²) in [5.74, 6) is 1.11. The molecule has 0 saturated carbocycles. The van der Waals surface area contributed by atoms with Crippen LogP contribution in [-0.4, -0.2) is 15.5 Å². The van der Waals surface area contributed by atoms with Crippen molar-refractivity contribution in [3.05, 3.63) is 36.3 Å². The molecule has 4 heteroatoms. The Balaban J connectivity index is 1.98. The molecule has 2 heterocycles. The number of benzene rings is 1. The predicted molar refractivity (Wildman–Crippen MR) is 70.3 cm³/mol. The van der Waals surface area contributed by atoms with Crippen molar-refractivity contribution in [1.82, 2.24) is 9.55 Å². The zero-order valence-electron chi connectivity index (χ0n) is 10.3. The van der Waals surface area contributed by atoms with Gasteiger partial charge in [0.25, 0.3) is 0 Å². The van der Waals surface area contributed by atoms with E-state index in [0.29, 0.717) is 0 Å². The number of nitrogens with zero attached hydrogens (tertiary/aromatic N) is 2. The van der Waals surface area contributed by atoms with Crippen LogP contribution < -0.4 is 5.32 Å². The minimum Gasteiger partial charge on any atom is -0.328 e. The fraction of sp³-hybridized carbons (Fsp3) is 0.286. The number of hydrogen-bond acceptors (Lipinski definition) is 2. The van der Waals surface area contributed by atoms with Gasteiger partial charge in [-0.1, -0.05) is 12.1 Å². The molecule has 0 aliphatic carbocycles. The molecule has 3 rings (SSSR count). The largest absolute Gasteiger partial charge is 0.328 e. The number of fused-ring (bicyclic) bond motifs is 1. The molecule has 0 spiro atoms. The van der Waals surface area contributed by atoms with Crippen LogP contribution in [0.2, 0.25) is 0 Å². The van der Waals surface area contributed by atoms with E-state index in [4.69, 9.17) is 0 Å². The van der Waals surface area contributed by atoms with Crippen LogP contribution in [0.4, 0.5) is 5.69 Å². The van der Waals surface area contributed by atoms with Crippen molar-refractivity contribution in [2.24, 2.45) is 0 Å². The van der Waals surface area contributed by atoms with Crippen LogP contribution in [0, 0.1) is 0 Å². The number of carbonyl (C=O) groups is 1. The Kier molecular flexibility index (Phi) is 2.63. The van der Waals surface area contributed by atoms with Gasteiger partial charge in [0.15, 0.2) is 0 Å². The van der Waals surface area contributed by atoms with Gasteiger partial charge in [-0.3, -0.25) is 4.79 Å². The smallest absolute Gasteiger partial charge is 0.221 e. The van der Waals surface area contributed by atoms with Crippen molar-refractivity contribution < 1.29 is 4.79 Å². The number of amides is 1. The molecule has 92 valence electrons. The summed E-state index contributed by atoms with van der Waals surface area (Å²) in [7, 11) is 0. The molecule has 0 fully saturated rings. The van der Waals surface area contributed by atoms with Crippen molar-refractivity contribution in [2.75, 3.05) is 5.32 Å². The number of rotatable bonds is 2. The number of hydrogen-bond donors (Lipinski definition) is 1. The maximum Gasteiger partial charge on any atom is 0.221 e. The molecule has 1 aromatic heterocycles. The van der Waals surface area contributed by atoms with Gasteiger partial charge in [-0.25, -0.2) is 4.98 Å². The van der Waals surface area contributed by atoms with E-state index in [2.05, 4.69) is 14.9 Å². The van der Waals surface area contributed by atoms with Gasteiger partial charge in [0.05, 0.1) is 11.9 Å². The van der Waals surface area contributed by atoms with Gasteiger partial charge in [0.2, 0.25) is 5.91 Å². The molecule has 0 atom stereocenters. The van der Waals surface area contributed by atoms with Gasteiger partial charge in [0.1, 0.15) is 5.82 Å². The number of anilines is 1. The van der Waals surface area contributed by atoms with Crippen LogP contribution in [0.1, 0.15) is 19.2 Å². The third-order valence-electron chi connectivity index (χ3n) is 3.20. The zero-order chi connectivity index (χ0) is 12.5. The number of nitrogens with one attached hydrogen (secondary N) is 1. The van der Waals surface area contributed by atoms with Crippen LogP contribution in [-0.2, 0) is 17.8 Å². The number of imidazole rings is 1. The molecular formula is C14H15N3O. The van der Waals surface area contributed by atoms with Gasteiger partial charge < -0.3 is 9.88 Å². The normalized spacial score (nSPS) is 13.4. The van der Waals surface area contributed by atoms with E-state index in [0.717, 1.165) is 35.7 Å². The van der Waals surface area contributed by atoms with Crippen molar-refractivity contribution >= 4 is 11.6 Å². The lowest BCUT2D eigenvalue weighted by molar-refractivity contribution is -0.114. The second-order valence-corrected chi connectivity index (χ2v) is 4.58. The van der Waals surface area contributed by atoms with E-state index in [1.807, 2.05) is 30.5 Å². The standard InChI is InChI=1S/C14H15N3O/c1-10(18)16-12-5-2-4-11(8-12)13-9-15-14-6-3-7-17(13)14/h2,4-5,8-9H,3,6-7H2,1H3,(H,16,18). The summed E-state index contributed by atoms with van der Waals surface area (Å²) in [6.07, 6.45) is 4.15. The SMILES string of the molecule is CC(=O)Nc1cccc(-c2cnc3n2CCC3)c1. The number of aromatic nitrogens is 2. The van der Waals surface area contributed by atoms with Crippen LogP contribution in [0.5, 0.6) is 0 Å². The second-order valence-electron chi connectivity index (χ2n) is 4.58.